The van der Waals surface area contributed by atoms with Crippen molar-refractivity contribution < 1.29 is 4.74 Å². The minimum Gasteiger partial charge on any atom is -0.490 e. The van der Waals surface area contributed by atoms with E-state index in [4.69, 9.17) is 10.5 Å². The second-order valence-electron chi connectivity index (χ2n) is 5.69. The van der Waals surface area contributed by atoms with Crippen LogP contribution >= 0.6 is 0 Å². The Kier molecular flexibility index (Phi) is 4.65. The van der Waals surface area contributed by atoms with Gasteiger partial charge in [0.05, 0.1) is 6.10 Å². The molecule has 1 aromatic carbocycles. The van der Waals surface area contributed by atoms with Gasteiger partial charge >= 0.3 is 0 Å². The summed E-state index contributed by atoms with van der Waals surface area (Å²) in [7, 11) is 0. The molecule has 0 aromatic heterocycles. The van der Waals surface area contributed by atoms with E-state index in [0.29, 0.717) is 12.6 Å². The molecule has 18 heavy (non-hydrogen) atoms. The Balaban J connectivity index is 1.94. The fourth-order valence-electron chi connectivity index (χ4n) is 2.74. The highest BCUT2D eigenvalue weighted by atomic mass is 16.5. The Bertz CT molecular complexity index is 377. The smallest absolute Gasteiger partial charge is 0.119 e. The summed E-state index contributed by atoms with van der Waals surface area (Å²) < 4.78 is 6.12. The zero-order valence-corrected chi connectivity index (χ0v) is 11.6. The van der Waals surface area contributed by atoms with Gasteiger partial charge in [0.1, 0.15) is 5.75 Å². The molecule has 1 saturated carbocycles. The van der Waals surface area contributed by atoms with E-state index >= 15 is 0 Å². The third-order valence-corrected chi connectivity index (χ3v) is 4.18. The normalized spacial score (nSPS) is 28.1. The van der Waals surface area contributed by atoms with Gasteiger partial charge in [0.2, 0.25) is 0 Å². The molecule has 100 valence electrons. The zero-order chi connectivity index (χ0) is 13.0. The molecule has 3 atom stereocenters. The maximum Gasteiger partial charge on any atom is 0.119 e. The lowest BCUT2D eigenvalue weighted by Gasteiger charge is -2.32. The van der Waals surface area contributed by atoms with Gasteiger partial charge in [-0.3, -0.25) is 0 Å². The third kappa shape index (κ3) is 3.49. The molecule has 2 rings (SSSR count). The van der Waals surface area contributed by atoms with Gasteiger partial charge in [-0.2, -0.15) is 0 Å². The number of benzene rings is 1. The Morgan fingerprint density at radius 1 is 1.22 bits per heavy atom. The molecule has 0 aliphatic heterocycles. The molecule has 1 aliphatic carbocycles. The number of rotatable bonds is 4. The molecule has 0 spiro atoms. The van der Waals surface area contributed by atoms with Crippen LogP contribution in [0.15, 0.2) is 24.3 Å². The van der Waals surface area contributed by atoms with E-state index in [2.05, 4.69) is 38.1 Å². The van der Waals surface area contributed by atoms with Crippen LogP contribution in [0.5, 0.6) is 5.75 Å². The van der Waals surface area contributed by atoms with Gasteiger partial charge in [-0.1, -0.05) is 26.0 Å². The molecule has 0 radical (unpaired) electrons. The van der Waals surface area contributed by atoms with Crippen LogP contribution in [-0.2, 0) is 6.42 Å². The van der Waals surface area contributed by atoms with Gasteiger partial charge in [-0.15, -0.1) is 0 Å². The summed E-state index contributed by atoms with van der Waals surface area (Å²) in [6, 6.07) is 8.37. The molecule has 1 fully saturated rings. The molecular weight excluding hydrogens is 222 g/mol. The number of ether oxygens (including phenoxy) is 1. The van der Waals surface area contributed by atoms with E-state index in [0.717, 1.165) is 24.0 Å². The van der Waals surface area contributed by atoms with Crippen molar-refractivity contribution in [3.63, 3.8) is 0 Å². The van der Waals surface area contributed by atoms with Crippen molar-refractivity contribution >= 4 is 0 Å². The minimum absolute atomic E-state index is 0.393. The minimum atomic E-state index is 0.393. The lowest BCUT2D eigenvalue weighted by atomic mass is 9.80. The van der Waals surface area contributed by atoms with Gasteiger partial charge in [0, 0.05) is 0 Å². The fourth-order valence-corrected chi connectivity index (χ4v) is 2.74. The van der Waals surface area contributed by atoms with Crippen molar-refractivity contribution in [2.24, 2.45) is 17.6 Å². The Hall–Kier alpha value is -1.02. The van der Waals surface area contributed by atoms with Crippen LogP contribution < -0.4 is 10.5 Å². The molecule has 2 heteroatoms. The van der Waals surface area contributed by atoms with Gasteiger partial charge in [0.25, 0.3) is 0 Å². The predicted octanol–water partition coefficient (Wildman–Crippen LogP) is 3.39. The average Bonchev–Trinajstić information content (AvgIpc) is 2.35. The lowest BCUT2D eigenvalue weighted by Crippen LogP contribution is -2.28. The van der Waals surface area contributed by atoms with Crippen LogP contribution in [0.3, 0.4) is 0 Å². The zero-order valence-electron chi connectivity index (χ0n) is 11.6. The number of hydrogen-bond donors (Lipinski definition) is 1. The number of hydrogen-bond acceptors (Lipinski definition) is 2. The first-order valence-corrected chi connectivity index (χ1v) is 7.14. The first kappa shape index (κ1) is 13.4. The van der Waals surface area contributed by atoms with E-state index in [9.17, 15) is 0 Å². The predicted molar refractivity (Wildman–Crippen MR) is 75.8 cm³/mol. The maximum absolute atomic E-state index is 6.12. The third-order valence-electron chi connectivity index (χ3n) is 4.18. The highest BCUT2D eigenvalue weighted by molar-refractivity contribution is 5.29. The molecule has 0 saturated heterocycles. The fraction of sp³-hybridized carbons (Fsp3) is 0.625. The quantitative estimate of drug-likeness (QED) is 0.885. The first-order chi connectivity index (χ1) is 8.69. The Labute approximate surface area is 111 Å². The van der Waals surface area contributed by atoms with Crippen molar-refractivity contribution in [1.82, 2.24) is 0 Å². The van der Waals surface area contributed by atoms with Crippen molar-refractivity contribution in [1.29, 1.82) is 0 Å². The Morgan fingerprint density at radius 2 is 2.06 bits per heavy atom. The topological polar surface area (TPSA) is 35.2 Å². The van der Waals surface area contributed by atoms with Crippen LogP contribution in [0.2, 0.25) is 0 Å². The summed E-state index contributed by atoms with van der Waals surface area (Å²) in [6.07, 6.45) is 4.97. The van der Waals surface area contributed by atoms with E-state index in [1.165, 1.54) is 24.8 Å². The maximum atomic E-state index is 6.12. The SMILES string of the molecule is CC1CCC(Oc2cccc(CCN)c2)CC1C. The standard InChI is InChI=1S/C16H25NO/c1-12-6-7-16(10-13(12)2)18-15-5-3-4-14(11-15)8-9-17/h3-5,11-13,16H,6-10,17H2,1-2H3. The average molecular weight is 247 g/mol. The van der Waals surface area contributed by atoms with E-state index < -0.39 is 0 Å². The summed E-state index contributed by atoms with van der Waals surface area (Å²) in [5, 5.41) is 0. The molecule has 0 heterocycles. The van der Waals surface area contributed by atoms with E-state index in [1.807, 2.05) is 0 Å². The van der Waals surface area contributed by atoms with Crippen LogP contribution in [0.25, 0.3) is 0 Å². The van der Waals surface area contributed by atoms with E-state index in [1.54, 1.807) is 0 Å². The highest BCUT2D eigenvalue weighted by Crippen LogP contribution is 2.31. The van der Waals surface area contributed by atoms with Crippen molar-refractivity contribution in [3.8, 4) is 5.75 Å². The summed E-state index contributed by atoms with van der Waals surface area (Å²) >= 11 is 0. The molecular formula is C16H25NO. The van der Waals surface area contributed by atoms with Crippen LogP contribution in [0.1, 0.15) is 38.7 Å². The highest BCUT2D eigenvalue weighted by Gasteiger charge is 2.25. The second kappa shape index (κ2) is 6.24. The largest absolute Gasteiger partial charge is 0.490 e. The van der Waals surface area contributed by atoms with Gasteiger partial charge in [-0.05, 0) is 61.8 Å². The summed E-state index contributed by atoms with van der Waals surface area (Å²) in [6.45, 7) is 5.38. The molecule has 1 aliphatic rings. The summed E-state index contributed by atoms with van der Waals surface area (Å²) in [5.41, 5.74) is 6.86. The number of nitrogens with two attached hydrogens (primary N) is 1. The van der Waals surface area contributed by atoms with E-state index in [-0.39, 0.29) is 0 Å². The lowest BCUT2D eigenvalue weighted by molar-refractivity contribution is 0.101. The Morgan fingerprint density at radius 3 is 2.78 bits per heavy atom. The van der Waals surface area contributed by atoms with Gasteiger partial charge < -0.3 is 10.5 Å². The van der Waals surface area contributed by atoms with Crippen LogP contribution in [0, 0.1) is 11.8 Å². The first-order valence-electron chi connectivity index (χ1n) is 7.14. The molecule has 0 bridgehead atoms. The second-order valence-corrected chi connectivity index (χ2v) is 5.69. The van der Waals surface area contributed by atoms with Gasteiger partial charge in [-0.25, -0.2) is 0 Å². The van der Waals surface area contributed by atoms with Crippen molar-refractivity contribution in [2.45, 2.75) is 45.6 Å². The molecule has 1 aromatic rings. The summed E-state index contributed by atoms with van der Waals surface area (Å²) in [4.78, 5) is 0. The molecule has 3 unspecified atom stereocenters. The van der Waals surface area contributed by atoms with Crippen LogP contribution in [-0.4, -0.2) is 12.6 Å². The van der Waals surface area contributed by atoms with Crippen LogP contribution in [0.4, 0.5) is 0 Å². The molecule has 2 N–H and O–H groups in total. The molecule has 0 amide bonds. The van der Waals surface area contributed by atoms with Crippen molar-refractivity contribution in [3.05, 3.63) is 29.8 Å². The molecule has 2 nitrogen and oxygen atoms in total. The summed E-state index contributed by atoms with van der Waals surface area (Å²) in [5.74, 6) is 2.62. The monoisotopic (exact) mass is 247 g/mol. The van der Waals surface area contributed by atoms with Gasteiger partial charge in [0.15, 0.2) is 0 Å². The van der Waals surface area contributed by atoms with Crippen molar-refractivity contribution in [2.75, 3.05) is 6.54 Å².